The summed E-state index contributed by atoms with van der Waals surface area (Å²) in [5.74, 6) is 0.0720. The summed E-state index contributed by atoms with van der Waals surface area (Å²) < 4.78 is 37.0. The van der Waals surface area contributed by atoms with Gasteiger partial charge in [0.15, 0.2) is 17.3 Å². The largest absolute Gasteiger partial charge is 0.382 e. The number of aryl methyl sites for hydroxylation is 1. The maximum Gasteiger partial charge on any atom is 0.341 e. The zero-order valence-electron chi connectivity index (χ0n) is 18.8. The second kappa shape index (κ2) is 11.5. The van der Waals surface area contributed by atoms with Crippen molar-refractivity contribution in [3.8, 4) is 11.4 Å². The van der Waals surface area contributed by atoms with Gasteiger partial charge in [-0.1, -0.05) is 52.5 Å². The number of para-hydroxylation sites is 1. The quantitative estimate of drug-likeness (QED) is 0.0724. The van der Waals surface area contributed by atoms with Crippen LogP contribution in [0.15, 0.2) is 86.7 Å². The third-order valence-corrected chi connectivity index (χ3v) is 7.29. The van der Waals surface area contributed by atoms with E-state index in [1.807, 2.05) is 0 Å². The fourth-order valence-corrected chi connectivity index (χ4v) is 5.03. The monoisotopic (exact) mass is 581 g/mol. The van der Waals surface area contributed by atoms with Crippen LogP contribution in [0.3, 0.4) is 0 Å². The van der Waals surface area contributed by atoms with Crippen LogP contribution in [-0.2, 0) is 19.5 Å². The topological polar surface area (TPSA) is 151 Å². The van der Waals surface area contributed by atoms with E-state index in [2.05, 4.69) is 24.7 Å². The lowest BCUT2D eigenvalue weighted by molar-refractivity contribution is -0.432. The number of halogens is 2. The number of hydrogen-bond donors (Lipinski definition) is 2. The van der Waals surface area contributed by atoms with E-state index in [0.29, 0.717) is 21.3 Å². The minimum absolute atomic E-state index is 0.0127. The van der Waals surface area contributed by atoms with E-state index in [0.717, 1.165) is 12.0 Å². The number of hydrogen-bond acceptors (Lipinski definition) is 11. The first-order valence-electron chi connectivity index (χ1n) is 10.2. The van der Waals surface area contributed by atoms with Gasteiger partial charge in [-0.3, -0.25) is 0 Å². The predicted octanol–water partition coefficient (Wildman–Crippen LogP) is 6.68. The highest BCUT2D eigenvalue weighted by atomic mass is 35.5. The van der Waals surface area contributed by atoms with Crippen LogP contribution in [0.1, 0.15) is 5.69 Å². The van der Waals surface area contributed by atoms with Crippen LogP contribution < -0.4 is 9.92 Å². The third kappa shape index (κ3) is 6.05. The molecule has 3 N–H and O–H groups in total. The molecule has 37 heavy (non-hydrogen) atoms. The smallest absolute Gasteiger partial charge is 0.341 e. The maximum atomic E-state index is 13.0. The number of rotatable bonds is 9. The first-order valence-corrected chi connectivity index (χ1v) is 13.1. The molecule has 4 rings (SSSR count). The van der Waals surface area contributed by atoms with Crippen molar-refractivity contribution in [2.75, 3.05) is 5.73 Å². The van der Waals surface area contributed by atoms with Crippen LogP contribution in [0, 0.1) is 6.92 Å². The summed E-state index contributed by atoms with van der Waals surface area (Å²) in [6.07, 6.45) is 0. The van der Waals surface area contributed by atoms with Crippen molar-refractivity contribution in [2.45, 2.75) is 16.7 Å². The van der Waals surface area contributed by atoms with Crippen molar-refractivity contribution >= 4 is 62.6 Å². The van der Waals surface area contributed by atoms with E-state index < -0.39 is 10.1 Å². The molecule has 0 unspecified atom stereocenters. The molecule has 0 aliphatic rings. The maximum absolute atomic E-state index is 13.0. The molecule has 4 aromatic rings. The molecule has 0 atom stereocenters. The lowest BCUT2D eigenvalue weighted by Crippen LogP contribution is -2.10. The number of aromatic nitrogens is 2. The minimum Gasteiger partial charge on any atom is -0.382 e. The Bertz CT molecular complexity index is 1580. The molecule has 15 heteroatoms. The molecule has 0 aliphatic carbocycles. The minimum atomic E-state index is -4.30. The molecule has 0 fully saturated rings. The normalized spacial score (nSPS) is 11.8. The number of nitrogen functional groups attached to an aromatic ring is 1. The molecule has 11 nitrogen and oxygen atoms in total. The van der Waals surface area contributed by atoms with E-state index in [9.17, 15) is 8.42 Å². The summed E-state index contributed by atoms with van der Waals surface area (Å²) in [5.41, 5.74) is 7.30. The molecule has 0 saturated carbocycles. The molecule has 0 radical (unpaired) electrons. The lowest BCUT2D eigenvalue weighted by Gasteiger charge is -2.09. The van der Waals surface area contributed by atoms with Crippen LogP contribution in [0.2, 0.25) is 10.0 Å². The van der Waals surface area contributed by atoms with Crippen LogP contribution in [0.4, 0.5) is 17.2 Å². The second-order valence-corrected chi connectivity index (χ2v) is 10.3. The van der Waals surface area contributed by atoms with Crippen LogP contribution in [0.5, 0.6) is 5.75 Å². The first kappa shape index (κ1) is 26.9. The summed E-state index contributed by atoms with van der Waals surface area (Å²) in [5, 5.41) is 25.1. The van der Waals surface area contributed by atoms with Crippen molar-refractivity contribution in [1.29, 1.82) is 0 Å². The van der Waals surface area contributed by atoms with E-state index in [1.165, 1.54) is 35.0 Å². The Morgan fingerprint density at radius 1 is 1.03 bits per heavy atom. The average Bonchev–Trinajstić information content (AvgIpc) is 3.16. The number of nitrogens with zero attached hydrogens (tertiary/aromatic N) is 4. The van der Waals surface area contributed by atoms with E-state index in [1.54, 1.807) is 43.3 Å². The molecule has 0 saturated heterocycles. The van der Waals surface area contributed by atoms with Crippen LogP contribution >= 0.6 is 35.2 Å². The van der Waals surface area contributed by atoms with Crippen molar-refractivity contribution < 1.29 is 27.2 Å². The van der Waals surface area contributed by atoms with Gasteiger partial charge in [0.1, 0.15) is 10.6 Å². The van der Waals surface area contributed by atoms with E-state index in [-0.39, 0.29) is 32.9 Å². The molecule has 3 aromatic carbocycles. The van der Waals surface area contributed by atoms with Crippen LogP contribution in [-0.4, -0.2) is 23.5 Å². The van der Waals surface area contributed by atoms with Gasteiger partial charge in [0.05, 0.1) is 33.5 Å². The molecule has 0 amide bonds. The molecule has 1 aromatic heterocycles. The summed E-state index contributed by atoms with van der Waals surface area (Å²) in [4.78, 5) is 0.308. The second-order valence-electron chi connectivity index (χ2n) is 7.21. The van der Waals surface area contributed by atoms with Gasteiger partial charge < -0.3 is 9.92 Å². The highest BCUT2D eigenvalue weighted by Crippen LogP contribution is 2.36. The number of nitrogens with two attached hydrogens (primary N) is 1. The molecule has 1 heterocycles. The van der Waals surface area contributed by atoms with E-state index >= 15 is 0 Å². The summed E-state index contributed by atoms with van der Waals surface area (Å²) >= 11 is 13.1. The molecular weight excluding hydrogens is 565 g/mol. The Labute approximate surface area is 225 Å². The van der Waals surface area contributed by atoms with Crippen molar-refractivity contribution in [3.63, 3.8) is 0 Å². The van der Waals surface area contributed by atoms with Crippen molar-refractivity contribution in [1.82, 2.24) is 9.78 Å². The Kier molecular flexibility index (Phi) is 8.34. The number of benzene rings is 3. The van der Waals surface area contributed by atoms with Gasteiger partial charge in [-0.25, -0.2) is 9.94 Å². The van der Waals surface area contributed by atoms with Gasteiger partial charge in [-0.15, -0.1) is 14.6 Å². The number of azo groups is 1. The Morgan fingerprint density at radius 2 is 1.76 bits per heavy atom. The van der Waals surface area contributed by atoms with Crippen molar-refractivity contribution in [2.24, 2.45) is 10.2 Å². The van der Waals surface area contributed by atoms with Gasteiger partial charge in [-0.05, 0) is 49.4 Å². The zero-order chi connectivity index (χ0) is 26.6. The third-order valence-electron chi connectivity index (χ3n) is 4.80. The summed E-state index contributed by atoms with van der Waals surface area (Å²) in [7, 11) is -4.30. The van der Waals surface area contributed by atoms with Gasteiger partial charge in [-0.2, -0.15) is 13.5 Å². The molecule has 192 valence electrons. The summed E-state index contributed by atoms with van der Waals surface area (Å²) in [6.45, 7) is 1.65. The van der Waals surface area contributed by atoms with Crippen LogP contribution in [0.25, 0.3) is 5.69 Å². The molecule has 0 aliphatic heterocycles. The van der Waals surface area contributed by atoms with Crippen molar-refractivity contribution in [3.05, 3.63) is 82.5 Å². The van der Waals surface area contributed by atoms with Gasteiger partial charge >= 0.3 is 10.1 Å². The first-order chi connectivity index (χ1) is 17.7. The molecule has 0 spiro atoms. The van der Waals surface area contributed by atoms with Gasteiger partial charge in [0.2, 0.25) is 0 Å². The Hall–Kier alpha value is -3.17. The molecular formula is C22H17Cl2N5O6S2. The van der Waals surface area contributed by atoms with E-state index in [4.69, 9.17) is 38.4 Å². The standard InChI is InChI=1S/C22H17Cl2N5O6S2/c1-13-21(22(25)29(28-13)18-12-14(36-35-34-30)10-11-15(18)23)27-26-17-7-3-5-9-20(17)37(31,32)33-19-8-4-2-6-16(19)24/h2-12,30H,25H2,1H3. The molecule has 0 bridgehead atoms. The zero-order valence-corrected chi connectivity index (χ0v) is 21.9. The fraction of sp³-hybridized carbons (Fsp3) is 0.0455. The highest BCUT2D eigenvalue weighted by molar-refractivity contribution is 7.94. The Balaban J connectivity index is 1.68. The highest BCUT2D eigenvalue weighted by Gasteiger charge is 2.23. The number of anilines is 1. The Morgan fingerprint density at radius 3 is 2.51 bits per heavy atom. The fourth-order valence-electron chi connectivity index (χ4n) is 3.14. The predicted molar refractivity (Wildman–Crippen MR) is 138 cm³/mol. The van der Waals surface area contributed by atoms with Gasteiger partial charge in [0, 0.05) is 4.90 Å². The summed E-state index contributed by atoms with van der Waals surface area (Å²) in [6, 6.07) is 16.9. The van der Waals surface area contributed by atoms with Gasteiger partial charge in [0.25, 0.3) is 0 Å². The SMILES string of the molecule is Cc1nn(-c2cc(SOOO)ccc2Cl)c(N)c1N=Nc1ccccc1S(=O)(=O)Oc1ccccc1Cl. The average molecular weight is 582 g/mol. The lowest BCUT2D eigenvalue weighted by atomic mass is 10.3.